The molecule has 2 aliphatic heterocycles. The van der Waals surface area contributed by atoms with Crippen LogP contribution in [0.4, 0.5) is 0 Å². The van der Waals surface area contributed by atoms with Crippen LogP contribution < -0.4 is 5.32 Å². The van der Waals surface area contributed by atoms with E-state index in [-0.39, 0.29) is 11.5 Å². The number of hydrogen-bond acceptors (Lipinski definition) is 4. The highest BCUT2D eigenvalue weighted by Crippen LogP contribution is 2.47. The minimum atomic E-state index is -0.802. The van der Waals surface area contributed by atoms with E-state index in [1.807, 2.05) is 27.7 Å². The lowest BCUT2D eigenvalue weighted by molar-refractivity contribution is -0.197. The summed E-state index contributed by atoms with van der Waals surface area (Å²) in [5, 5.41) is 24.5. The van der Waals surface area contributed by atoms with Gasteiger partial charge in [0.25, 0.3) is 0 Å². The highest BCUT2D eigenvalue weighted by atomic mass is 16.5. The van der Waals surface area contributed by atoms with Crippen LogP contribution in [0.3, 0.4) is 0 Å². The summed E-state index contributed by atoms with van der Waals surface area (Å²) in [6.45, 7) is 8.77. The Morgan fingerprint density at radius 3 is 2.37 bits per heavy atom. The van der Waals surface area contributed by atoms with Gasteiger partial charge in [0.2, 0.25) is 0 Å². The Hall–Kier alpha value is -0.650. The second kappa shape index (κ2) is 4.43. The molecular formula is C14H26N2O3. The topological polar surface area (TPSA) is 72.8 Å². The van der Waals surface area contributed by atoms with Crippen LogP contribution in [0.15, 0.2) is 0 Å². The zero-order chi connectivity index (χ0) is 14.5. The summed E-state index contributed by atoms with van der Waals surface area (Å²) in [5.74, 6) is -0.593. The summed E-state index contributed by atoms with van der Waals surface area (Å²) in [6, 6.07) is 0. The van der Waals surface area contributed by atoms with Crippen molar-refractivity contribution < 1.29 is 15.1 Å². The second-order valence-electron chi connectivity index (χ2n) is 7.30. The lowest BCUT2D eigenvalue weighted by atomic mass is 9.76. The average molecular weight is 270 g/mol. The van der Waals surface area contributed by atoms with Crippen molar-refractivity contribution in [2.24, 2.45) is 5.92 Å². The zero-order valence-corrected chi connectivity index (χ0v) is 12.4. The molecule has 19 heavy (non-hydrogen) atoms. The summed E-state index contributed by atoms with van der Waals surface area (Å²) < 4.78 is 0. The summed E-state index contributed by atoms with van der Waals surface area (Å²) in [5.41, 5.74) is -1.49. The van der Waals surface area contributed by atoms with E-state index in [0.29, 0.717) is 12.8 Å². The fraction of sp³-hybridized carbons (Fsp3) is 0.929. The number of carbonyl (C=O) groups is 1. The maximum Gasteiger partial charge on any atom is 0.323 e. The maximum absolute atomic E-state index is 11.6. The van der Waals surface area contributed by atoms with E-state index in [1.165, 1.54) is 5.06 Å². The molecule has 3 N–H and O–H groups in total. The predicted molar refractivity (Wildman–Crippen MR) is 72.1 cm³/mol. The van der Waals surface area contributed by atoms with Crippen molar-refractivity contribution in [1.29, 1.82) is 0 Å². The quantitative estimate of drug-likeness (QED) is 0.730. The van der Waals surface area contributed by atoms with Crippen molar-refractivity contribution in [2.75, 3.05) is 6.54 Å². The van der Waals surface area contributed by atoms with E-state index in [9.17, 15) is 15.1 Å². The summed E-state index contributed by atoms with van der Waals surface area (Å²) in [6.07, 6.45) is 2.98. The van der Waals surface area contributed by atoms with Crippen LogP contribution in [0.25, 0.3) is 0 Å². The second-order valence-corrected chi connectivity index (χ2v) is 7.30. The molecule has 0 aromatic heterocycles. The first-order chi connectivity index (χ1) is 8.62. The third kappa shape index (κ3) is 2.28. The monoisotopic (exact) mass is 270 g/mol. The van der Waals surface area contributed by atoms with Crippen LogP contribution in [0.1, 0.15) is 53.4 Å². The normalized spacial score (nSPS) is 37.6. The van der Waals surface area contributed by atoms with Gasteiger partial charge in [0, 0.05) is 11.1 Å². The third-order valence-electron chi connectivity index (χ3n) is 5.11. The largest absolute Gasteiger partial charge is 0.480 e. The SMILES string of the molecule is CC1(C)CC(CC2(C(=O)O)CCCN2)C(C)(C)N1O. The van der Waals surface area contributed by atoms with E-state index in [2.05, 4.69) is 5.32 Å². The van der Waals surface area contributed by atoms with Gasteiger partial charge in [-0.3, -0.25) is 4.79 Å². The molecular weight excluding hydrogens is 244 g/mol. The van der Waals surface area contributed by atoms with Crippen molar-refractivity contribution in [3.8, 4) is 0 Å². The summed E-state index contributed by atoms with van der Waals surface area (Å²) in [7, 11) is 0. The van der Waals surface area contributed by atoms with Crippen molar-refractivity contribution in [2.45, 2.75) is 70.0 Å². The van der Waals surface area contributed by atoms with Crippen LogP contribution >= 0.6 is 0 Å². The van der Waals surface area contributed by atoms with E-state index in [1.54, 1.807) is 0 Å². The molecule has 2 rings (SSSR count). The van der Waals surface area contributed by atoms with Crippen molar-refractivity contribution in [3.63, 3.8) is 0 Å². The Morgan fingerprint density at radius 2 is 2.00 bits per heavy atom. The Labute approximate surface area is 114 Å². The molecule has 2 aliphatic rings. The van der Waals surface area contributed by atoms with Crippen LogP contribution in [-0.4, -0.2) is 44.5 Å². The van der Waals surface area contributed by atoms with Gasteiger partial charge in [0.1, 0.15) is 5.54 Å². The Bertz CT molecular complexity index is 373. The highest BCUT2D eigenvalue weighted by molar-refractivity contribution is 5.79. The molecule has 2 saturated heterocycles. The predicted octanol–water partition coefficient (Wildman–Crippen LogP) is 1.85. The summed E-state index contributed by atoms with van der Waals surface area (Å²) >= 11 is 0. The molecule has 0 amide bonds. The number of carboxylic acid groups (broad SMARTS) is 1. The van der Waals surface area contributed by atoms with Gasteiger partial charge >= 0.3 is 5.97 Å². The number of nitrogens with one attached hydrogen (secondary N) is 1. The number of carboxylic acids is 1. The maximum atomic E-state index is 11.6. The summed E-state index contributed by atoms with van der Waals surface area (Å²) in [4.78, 5) is 11.6. The number of rotatable bonds is 3. The molecule has 0 saturated carbocycles. The van der Waals surface area contributed by atoms with Gasteiger partial charge in [-0.05, 0) is 65.8 Å². The smallest absolute Gasteiger partial charge is 0.323 e. The van der Waals surface area contributed by atoms with Crippen LogP contribution in [-0.2, 0) is 4.79 Å². The Morgan fingerprint density at radius 1 is 1.37 bits per heavy atom. The first-order valence-electron chi connectivity index (χ1n) is 7.09. The standard InChI is InChI=1S/C14H26N2O3/c1-12(2)8-10(13(3,4)16(12)19)9-14(11(17)18)6-5-7-15-14/h10,15,19H,5-9H2,1-4H3,(H,17,18). The van der Waals surface area contributed by atoms with E-state index >= 15 is 0 Å². The molecule has 0 radical (unpaired) electrons. The molecule has 2 fully saturated rings. The van der Waals surface area contributed by atoms with Crippen molar-refractivity contribution >= 4 is 5.97 Å². The average Bonchev–Trinajstić information content (AvgIpc) is 2.81. The van der Waals surface area contributed by atoms with Crippen LogP contribution in [0, 0.1) is 5.92 Å². The minimum Gasteiger partial charge on any atom is -0.480 e. The Kier molecular flexibility index (Phi) is 3.44. The van der Waals surface area contributed by atoms with Gasteiger partial charge in [-0.15, -0.1) is 0 Å². The van der Waals surface area contributed by atoms with Crippen molar-refractivity contribution in [3.05, 3.63) is 0 Å². The van der Waals surface area contributed by atoms with Gasteiger partial charge in [-0.2, -0.15) is 5.06 Å². The molecule has 0 aliphatic carbocycles. The molecule has 0 aromatic rings. The van der Waals surface area contributed by atoms with Crippen molar-refractivity contribution in [1.82, 2.24) is 10.4 Å². The van der Waals surface area contributed by atoms with E-state index < -0.39 is 17.0 Å². The molecule has 2 heterocycles. The first kappa shape index (κ1) is 14.8. The first-order valence-corrected chi connectivity index (χ1v) is 7.09. The van der Waals surface area contributed by atoms with Gasteiger partial charge in [0.15, 0.2) is 0 Å². The third-order valence-corrected chi connectivity index (χ3v) is 5.11. The molecule has 5 heteroatoms. The molecule has 5 nitrogen and oxygen atoms in total. The van der Waals surface area contributed by atoms with Crippen LogP contribution in [0.2, 0.25) is 0 Å². The van der Waals surface area contributed by atoms with E-state index in [4.69, 9.17) is 0 Å². The number of hydrogen-bond donors (Lipinski definition) is 3. The lowest BCUT2D eigenvalue weighted by Gasteiger charge is -2.38. The zero-order valence-electron chi connectivity index (χ0n) is 12.4. The number of nitrogens with zero attached hydrogens (tertiary/aromatic N) is 1. The minimum absolute atomic E-state index is 0.161. The molecule has 110 valence electrons. The van der Waals surface area contributed by atoms with Gasteiger partial charge in [0.05, 0.1) is 0 Å². The lowest BCUT2D eigenvalue weighted by Crippen LogP contribution is -2.52. The molecule has 2 unspecified atom stereocenters. The van der Waals surface area contributed by atoms with Gasteiger partial charge < -0.3 is 15.6 Å². The fourth-order valence-electron chi connectivity index (χ4n) is 3.89. The highest BCUT2D eigenvalue weighted by Gasteiger charge is 2.55. The number of aliphatic carboxylic acids is 1. The van der Waals surface area contributed by atoms with Crippen LogP contribution in [0.5, 0.6) is 0 Å². The molecule has 2 atom stereocenters. The Balaban J connectivity index is 2.21. The number of hydroxylamine groups is 2. The molecule has 0 bridgehead atoms. The molecule has 0 spiro atoms. The fourth-order valence-corrected chi connectivity index (χ4v) is 3.89. The van der Waals surface area contributed by atoms with Gasteiger partial charge in [-0.1, -0.05) is 0 Å². The van der Waals surface area contributed by atoms with E-state index in [0.717, 1.165) is 19.4 Å². The molecule has 0 aromatic carbocycles. The van der Waals surface area contributed by atoms with Gasteiger partial charge in [-0.25, -0.2) is 0 Å².